The molecule has 2 aromatic rings. The van der Waals surface area contributed by atoms with Crippen LogP contribution in [0.25, 0.3) is 0 Å². The van der Waals surface area contributed by atoms with Gasteiger partial charge in [0.15, 0.2) is 0 Å². The van der Waals surface area contributed by atoms with Crippen LogP contribution in [0.3, 0.4) is 0 Å². The van der Waals surface area contributed by atoms with Gasteiger partial charge >= 0.3 is 6.09 Å². The van der Waals surface area contributed by atoms with Crippen molar-refractivity contribution in [2.24, 2.45) is 0 Å². The summed E-state index contributed by atoms with van der Waals surface area (Å²) in [5, 5.41) is 5.79. The topological polar surface area (TPSA) is 87.7 Å². The molecule has 3 amide bonds. The van der Waals surface area contributed by atoms with E-state index < -0.39 is 23.8 Å². The molecule has 2 aromatic carbocycles. The van der Waals surface area contributed by atoms with Crippen LogP contribution in [-0.2, 0) is 14.3 Å². The lowest BCUT2D eigenvalue weighted by molar-refractivity contribution is -0.140. The molecule has 2 rings (SSSR count). The van der Waals surface area contributed by atoms with E-state index in [9.17, 15) is 14.4 Å². The second-order valence-electron chi connectivity index (χ2n) is 11.5. The summed E-state index contributed by atoms with van der Waals surface area (Å²) in [5.74, 6) is -0.621. The molecule has 214 valence electrons. The highest BCUT2D eigenvalue weighted by molar-refractivity contribution is 5.99. The number of ether oxygens (including phenoxy) is 1. The molecule has 0 bridgehead atoms. The largest absolute Gasteiger partial charge is 0.444 e. The summed E-state index contributed by atoms with van der Waals surface area (Å²) in [6.07, 6.45) is 3.11. The molecule has 0 spiro atoms. The van der Waals surface area contributed by atoms with Gasteiger partial charge in [0.2, 0.25) is 5.91 Å². The fourth-order valence-corrected chi connectivity index (χ4v) is 4.71. The SMILES string of the molecule is CCCCCCN(C(=O)C(C)NC(=O)OC(C)(C)C)C(C(=O)Nc1c(C)cccc1C)c1cc(C)cc(C)c1. The van der Waals surface area contributed by atoms with E-state index in [4.69, 9.17) is 4.74 Å². The second-order valence-corrected chi connectivity index (χ2v) is 11.5. The Morgan fingerprint density at radius 3 is 2.05 bits per heavy atom. The van der Waals surface area contributed by atoms with Gasteiger partial charge in [0.25, 0.3) is 5.91 Å². The van der Waals surface area contributed by atoms with Gasteiger partial charge in [-0.3, -0.25) is 9.59 Å². The zero-order chi connectivity index (χ0) is 29.3. The van der Waals surface area contributed by atoms with Crippen molar-refractivity contribution in [2.75, 3.05) is 11.9 Å². The van der Waals surface area contributed by atoms with E-state index in [1.54, 1.807) is 32.6 Å². The molecule has 0 fully saturated rings. The Kier molecular flexibility index (Phi) is 11.6. The molecule has 0 saturated heterocycles. The number of anilines is 1. The third-order valence-electron chi connectivity index (χ3n) is 6.49. The molecule has 2 N–H and O–H groups in total. The predicted molar refractivity (Wildman–Crippen MR) is 158 cm³/mol. The van der Waals surface area contributed by atoms with Crippen LogP contribution in [-0.4, -0.2) is 41.0 Å². The zero-order valence-electron chi connectivity index (χ0n) is 25.2. The number of hydrogen-bond donors (Lipinski definition) is 2. The van der Waals surface area contributed by atoms with Crippen LogP contribution < -0.4 is 10.6 Å². The van der Waals surface area contributed by atoms with Gasteiger partial charge in [0.1, 0.15) is 17.7 Å². The van der Waals surface area contributed by atoms with E-state index >= 15 is 0 Å². The van der Waals surface area contributed by atoms with E-state index in [1.165, 1.54) is 0 Å². The number of nitrogens with zero attached hydrogens (tertiary/aromatic N) is 1. The standard InChI is InChI=1S/C32H47N3O4/c1-10-11-12-13-17-35(30(37)25(6)33-31(38)39-32(7,8)9)28(26-19-21(2)18-22(3)20-26)29(36)34-27-23(4)15-14-16-24(27)5/h14-16,18-20,25,28H,10-13,17H2,1-9H3,(H,33,38)(H,34,36). The number of nitrogens with one attached hydrogen (secondary N) is 2. The Morgan fingerprint density at radius 1 is 0.923 bits per heavy atom. The maximum atomic E-state index is 14.1. The molecule has 0 aliphatic rings. The zero-order valence-corrected chi connectivity index (χ0v) is 25.2. The average molecular weight is 538 g/mol. The van der Waals surface area contributed by atoms with Gasteiger partial charge < -0.3 is 20.3 Å². The molecule has 0 aliphatic heterocycles. The van der Waals surface area contributed by atoms with Crippen molar-refractivity contribution in [1.29, 1.82) is 0 Å². The van der Waals surface area contributed by atoms with Crippen LogP contribution >= 0.6 is 0 Å². The van der Waals surface area contributed by atoms with Crippen molar-refractivity contribution in [1.82, 2.24) is 10.2 Å². The number of aryl methyl sites for hydroxylation is 4. The smallest absolute Gasteiger partial charge is 0.408 e. The van der Waals surface area contributed by atoms with Gasteiger partial charge in [-0.2, -0.15) is 0 Å². The highest BCUT2D eigenvalue weighted by atomic mass is 16.6. The van der Waals surface area contributed by atoms with Gasteiger partial charge in [-0.1, -0.05) is 73.7 Å². The van der Waals surface area contributed by atoms with Crippen molar-refractivity contribution in [3.05, 3.63) is 64.2 Å². The summed E-state index contributed by atoms with van der Waals surface area (Å²) in [5.41, 5.74) is 4.70. The monoisotopic (exact) mass is 537 g/mol. The van der Waals surface area contributed by atoms with Crippen LogP contribution in [0.4, 0.5) is 10.5 Å². The third kappa shape index (κ3) is 9.72. The van der Waals surface area contributed by atoms with Gasteiger partial charge in [0.05, 0.1) is 0 Å². The Morgan fingerprint density at radius 2 is 1.51 bits per heavy atom. The van der Waals surface area contributed by atoms with Gasteiger partial charge in [0, 0.05) is 12.2 Å². The van der Waals surface area contributed by atoms with E-state index in [-0.39, 0.29) is 11.8 Å². The highest BCUT2D eigenvalue weighted by Gasteiger charge is 2.35. The molecule has 2 atom stereocenters. The van der Waals surface area contributed by atoms with Crippen molar-refractivity contribution in [2.45, 2.75) is 106 Å². The molecular formula is C32H47N3O4. The predicted octanol–water partition coefficient (Wildman–Crippen LogP) is 6.92. The number of carbonyl (C=O) groups is 3. The van der Waals surface area contributed by atoms with Crippen molar-refractivity contribution < 1.29 is 19.1 Å². The lowest BCUT2D eigenvalue weighted by Crippen LogP contribution is -2.51. The Labute approximate surface area is 234 Å². The summed E-state index contributed by atoms with van der Waals surface area (Å²) in [4.78, 5) is 42.2. The first-order valence-electron chi connectivity index (χ1n) is 14.0. The normalized spacial score (nSPS) is 12.8. The molecule has 0 saturated carbocycles. The summed E-state index contributed by atoms with van der Waals surface area (Å²) in [7, 11) is 0. The Bertz CT molecular complexity index is 1110. The Balaban J connectivity index is 2.52. The summed E-state index contributed by atoms with van der Waals surface area (Å²) >= 11 is 0. The summed E-state index contributed by atoms with van der Waals surface area (Å²) in [6.45, 7) is 17.3. The molecule has 0 aliphatic carbocycles. The van der Waals surface area contributed by atoms with Crippen LogP contribution in [0.2, 0.25) is 0 Å². The number of rotatable bonds is 11. The molecule has 39 heavy (non-hydrogen) atoms. The van der Waals surface area contributed by atoms with Crippen LogP contribution in [0.1, 0.15) is 94.2 Å². The van der Waals surface area contributed by atoms with Gasteiger partial charge in [-0.15, -0.1) is 0 Å². The molecule has 2 unspecified atom stereocenters. The van der Waals surface area contributed by atoms with Crippen molar-refractivity contribution in [3.63, 3.8) is 0 Å². The molecule has 7 heteroatoms. The maximum Gasteiger partial charge on any atom is 0.408 e. The van der Waals surface area contributed by atoms with Crippen molar-refractivity contribution >= 4 is 23.6 Å². The van der Waals surface area contributed by atoms with Gasteiger partial charge in [-0.25, -0.2) is 4.79 Å². The summed E-state index contributed by atoms with van der Waals surface area (Å²) < 4.78 is 5.38. The lowest BCUT2D eigenvalue weighted by Gasteiger charge is -2.34. The number of carbonyl (C=O) groups excluding carboxylic acids is 3. The van der Waals surface area contributed by atoms with Crippen molar-refractivity contribution in [3.8, 4) is 0 Å². The van der Waals surface area contributed by atoms with E-state index in [1.807, 2.05) is 64.1 Å². The Hall–Kier alpha value is -3.35. The lowest BCUT2D eigenvalue weighted by atomic mass is 9.97. The minimum atomic E-state index is -0.882. The number of hydrogen-bond acceptors (Lipinski definition) is 4. The van der Waals surface area contributed by atoms with Crippen LogP contribution in [0, 0.1) is 27.7 Å². The van der Waals surface area contributed by atoms with E-state index in [0.29, 0.717) is 6.54 Å². The number of amides is 3. The number of benzene rings is 2. The third-order valence-corrected chi connectivity index (χ3v) is 6.49. The van der Waals surface area contributed by atoms with Crippen LogP contribution in [0.5, 0.6) is 0 Å². The first-order valence-corrected chi connectivity index (χ1v) is 14.0. The first kappa shape index (κ1) is 31.9. The summed E-state index contributed by atoms with van der Waals surface area (Å²) in [6, 6.07) is 10.1. The van der Waals surface area contributed by atoms with E-state index in [0.717, 1.165) is 59.2 Å². The maximum absolute atomic E-state index is 14.1. The minimum Gasteiger partial charge on any atom is -0.444 e. The molecular weight excluding hydrogens is 490 g/mol. The van der Waals surface area contributed by atoms with Crippen LogP contribution in [0.15, 0.2) is 36.4 Å². The molecule has 0 aromatic heterocycles. The quantitative estimate of drug-likeness (QED) is 0.305. The molecule has 0 heterocycles. The first-order chi connectivity index (χ1) is 18.2. The molecule has 7 nitrogen and oxygen atoms in total. The number of para-hydroxylation sites is 1. The number of alkyl carbamates (subject to hydrolysis) is 1. The van der Waals surface area contributed by atoms with E-state index in [2.05, 4.69) is 17.6 Å². The van der Waals surface area contributed by atoms with Gasteiger partial charge in [-0.05, 0) is 78.5 Å². The average Bonchev–Trinajstić information content (AvgIpc) is 2.81. The number of unbranched alkanes of at least 4 members (excludes halogenated alkanes) is 3. The second kappa shape index (κ2) is 14.2. The fraction of sp³-hybridized carbons (Fsp3) is 0.531. The minimum absolute atomic E-state index is 0.286. The molecule has 0 radical (unpaired) electrons. The highest BCUT2D eigenvalue weighted by Crippen LogP contribution is 2.29. The fourth-order valence-electron chi connectivity index (χ4n) is 4.71.